The van der Waals surface area contributed by atoms with Crippen LogP contribution in [0.5, 0.6) is 0 Å². The number of nitrogens with zero attached hydrogens (tertiary/aromatic N) is 1. The fraction of sp³-hybridized carbons (Fsp3) is 0.529. The molecule has 27 heavy (non-hydrogen) atoms. The van der Waals surface area contributed by atoms with Gasteiger partial charge >= 0.3 is 24.2 Å². The van der Waals surface area contributed by atoms with E-state index in [4.69, 9.17) is 0 Å². The number of piperidine rings is 1. The lowest BCUT2D eigenvalue weighted by molar-refractivity contribution is -0.145. The zero-order valence-corrected chi connectivity index (χ0v) is 14.4. The third-order valence-corrected chi connectivity index (χ3v) is 4.40. The van der Waals surface area contributed by atoms with Gasteiger partial charge < -0.3 is 10.2 Å². The highest BCUT2D eigenvalue weighted by atomic mass is 19.4. The van der Waals surface area contributed by atoms with Gasteiger partial charge in [-0.2, -0.15) is 26.3 Å². The van der Waals surface area contributed by atoms with Gasteiger partial charge in [0, 0.05) is 18.3 Å². The van der Waals surface area contributed by atoms with Crippen LogP contribution in [0, 0.1) is 0 Å². The third kappa shape index (κ3) is 5.14. The second-order valence-electron chi connectivity index (χ2n) is 6.31. The normalized spacial score (nSPS) is 18.3. The Labute approximate surface area is 151 Å². The van der Waals surface area contributed by atoms with Gasteiger partial charge in [0.2, 0.25) is 0 Å². The van der Waals surface area contributed by atoms with Gasteiger partial charge in [-0.15, -0.1) is 0 Å². The molecule has 0 radical (unpaired) electrons. The molecule has 10 heteroatoms. The van der Waals surface area contributed by atoms with E-state index in [0.717, 1.165) is 6.42 Å². The Hall–Kier alpha value is -2.26. The fourth-order valence-corrected chi connectivity index (χ4v) is 3.03. The smallest absolute Gasteiger partial charge is 0.331 e. The van der Waals surface area contributed by atoms with E-state index < -0.39 is 41.0 Å². The molecule has 1 aromatic carbocycles. The van der Waals surface area contributed by atoms with Crippen molar-refractivity contribution in [1.29, 1.82) is 0 Å². The summed E-state index contributed by atoms with van der Waals surface area (Å²) in [7, 11) is 0. The molecule has 2 amide bonds. The predicted molar refractivity (Wildman–Crippen MR) is 84.7 cm³/mol. The molecule has 0 saturated carbocycles. The first-order valence-corrected chi connectivity index (χ1v) is 8.35. The first-order valence-electron chi connectivity index (χ1n) is 8.35. The van der Waals surface area contributed by atoms with Gasteiger partial charge in [0.15, 0.2) is 0 Å². The average molecular weight is 396 g/mol. The lowest BCUT2D eigenvalue weighted by Crippen LogP contribution is -2.48. The summed E-state index contributed by atoms with van der Waals surface area (Å²) in [5.74, 6) is -2.23. The number of amides is 2. The number of nitrogens with one attached hydrogen (secondary N) is 1. The number of alkyl halides is 6. The zero-order chi connectivity index (χ0) is 20.4. The Morgan fingerprint density at radius 2 is 1.59 bits per heavy atom. The summed E-state index contributed by atoms with van der Waals surface area (Å²) in [4.78, 5) is 25.8. The molecule has 0 bridgehead atoms. The Balaban J connectivity index is 2.27. The van der Waals surface area contributed by atoms with Crippen molar-refractivity contribution in [1.82, 2.24) is 4.90 Å². The molecule has 1 N–H and O–H groups in total. The largest absolute Gasteiger partial charge is 0.416 e. The second kappa shape index (κ2) is 7.77. The minimum atomic E-state index is -5.04. The topological polar surface area (TPSA) is 49.4 Å². The van der Waals surface area contributed by atoms with E-state index in [9.17, 15) is 35.9 Å². The average Bonchev–Trinajstić information content (AvgIpc) is 2.59. The highest BCUT2D eigenvalue weighted by Gasteiger charge is 2.37. The van der Waals surface area contributed by atoms with Crippen LogP contribution in [0.2, 0.25) is 0 Å². The fourth-order valence-electron chi connectivity index (χ4n) is 3.03. The molecule has 0 aliphatic carbocycles. The molecule has 1 aromatic rings. The molecule has 1 aliphatic heterocycles. The van der Waals surface area contributed by atoms with Crippen LogP contribution < -0.4 is 5.32 Å². The van der Waals surface area contributed by atoms with E-state index in [-0.39, 0.29) is 12.1 Å². The van der Waals surface area contributed by atoms with E-state index in [0.29, 0.717) is 37.9 Å². The van der Waals surface area contributed by atoms with Crippen molar-refractivity contribution in [3.8, 4) is 0 Å². The van der Waals surface area contributed by atoms with Gasteiger partial charge in [-0.25, -0.2) is 0 Å². The first-order chi connectivity index (χ1) is 12.4. The first kappa shape index (κ1) is 21.0. The molecule has 1 saturated heterocycles. The molecule has 0 aromatic heterocycles. The predicted octanol–water partition coefficient (Wildman–Crippen LogP) is 4.45. The van der Waals surface area contributed by atoms with Crippen LogP contribution in [0.25, 0.3) is 0 Å². The molecule has 150 valence electrons. The number of halogens is 6. The molecule has 0 spiro atoms. The van der Waals surface area contributed by atoms with Crippen molar-refractivity contribution in [2.24, 2.45) is 0 Å². The summed E-state index contributed by atoms with van der Waals surface area (Å²) in [6.07, 6.45) is -7.22. The van der Waals surface area contributed by atoms with Crippen molar-refractivity contribution < 1.29 is 35.9 Å². The number of likely N-dealkylation sites (tertiary alicyclic amines) is 1. The monoisotopic (exact) mass is 396 g/mol. The third-order valence-electron chi connectivity index (χ3n) is 4.40. The number of hydrogen-bond acceptors (Lipinski definition) is 2. The molecular weight excluding hydrogens is 378 g/mol. The summed E-state index contributed by atoms with van der Waals surface area (Å²) in [6, 6.07) is 0.515. The van der Waals surface area contributed by atoms with Gasteiger partial charge in [-0.3, -0.25) is 9.59 Å². The molecule has 1 heterocycles. The number of carbonyl (C=O) groups is 2. The van der Waals surface area contributed by atoms with Crippen LogP contribution in [-0.2, 0) is 21.9 Å². The number of anilines is 1. The van der Waals surface area contributed by atoms with Gasteiger partial charge in [0.1, 0.15) is 0 Å². The van der Waals surface area contributed by atoms with E-state index in [1.807, 2.05) is 12.2 Å². The molecule has 1 fully saturated rings. The van der Waals surface area contributed by atoms with Gasteiger partial charge in [-0.05, 0) is 43.9 Å². The Morgan fingerprint density at radius 3 is 2.07 bits per heavy atom. The standard InChI is InChI=1S/C17H18F6N2O2/c1-2-13-5-3-4-6-25(13)15(27)14(26)24-12-8-10(16(18,19)20)7-11(9-12)17(21,22)23/h7-9,13H,2-6H2,1H3,(H,24,26). The van der Waals surface area contributed by atoms with Crippen molar-refractivity contribution in [2.45, 2.75) is 51.0 Å². The highest BCUT2D eigenvalue weighted by Crippen LogP contribution is 2.37. The number of carbonyl (C=O) groups excluding carboxylic acids is 2. The maximum Gasteiger partial charge on any atom is 0.416 e. The molecule has 1 unspecified atom stereocenters. The molecule has 4 nitrogen and oxygen atoms in total. The Bertz CT molecular complexity index is 682. The molecular formula is C17H18F6N2O2. The molecule has 2 rings (SSSR count). The van der Waals surface area contributed by atoms with Crippen molar-refractivity contribution in [3.63, 3.8) is 0 Å². The lowest BCUT2D eigenvalue weighted by Gasteiger charge is -2.34. The quantitative estimate of drug-likeness (QED) is 0.593. The number of benzene rings is 1. The zero-order valence-electron chi connectivity index (χ0n) is 14.4. The van der Waals surface area contributed by atoms with Gasteiger partial charge in [-0.1, -0.05) is 6.92 Å². The van der Waals surface area contributed by atoms with Crippen LogP contribution in [0.15, 0.2) is 18.2 Å². The Kier molecular flexibility index (Phi) is 6.06. The number of hydrogen-bond donors (Lipinski definition) is 1. The Morgan fingerprint density at radius 1 is 1.04 bits per heavy atom. The van der Waals surface area contributed by atoms with E-state index in [1.54, 1.807) is 0 Å². The molecule has 1 atom stereocenters. The van der Waals surface area contributed by atoms with Crippen molar-refractivity contribution in [3.05, 3.63) is 29.3 Å². The van der Waals surface area contributed by atoms with Crippen LogP contribution in [-0.4, -0.2) is 29.3 Å². The minimum Gasteiger partial charge on any atom is -0.331 e. The van der Waals surface area contributed by atoms with Crippen LogP contribution in [0.4, 0.5) is 32.0 Å². The maximum atomic E-state index is 12.9. The highest BCUT2D eigenvalue weighted by molar-refractivity contribution is 6.39. The molecule has 1 aliphatic rings. The van der Waals surface area contributed by atoms with E-state index in [2.05, 4.69) is 0 Å². The van der Waals surface area contributed by atoms with Gasteiger partial charge in [0.25, 0.3) is 0 Å². The second-order valence-corrected chi connectivity index (χ2v) is 6.31. The summed E-state index contributed by atoms with van der Waals surface area (Å²) in [6.45, 7) is 2.15. The lowest BCUT2D eigenvalue weighted by atomic mass is 10.00. The van der Waals surface area contributed by atoms with Crippen molar-refractivity contribution >= 4 is 17.5 Å². The van der Waals surface area contributed by atoms with Crippen molar-refractivity contribution in [2.75, 3.05) is 11.9 Å². The SMILES string of the molecule is CCC1CCCCN1C(=O)C(=O)Nc1cc(C(F)(F)F)cc(C(F)(F)F)c1. The van der Waals surface area contributed by atoms with E-state index >= 15 is 0 Å². The summed E-state index contributed by atoms with van der Waals surface area (Å²) < 4.78 is 77.2. The van der Waals surface area contributed by atoms with Crippen LogP contribution >= 0.6 is 0 Å². The summed E-state index contributed by atoms with van der Waals surface area (Å²) >= 11 is 0. The van der Waals surface area contributed by atoms with Crippen LogP contribution in [0.1, 0.15) is 43.7 Å². The minimum absolute atomic E-state index is 0.0464. The number of rotatable bonds is 2. The van der Waals surface area contributed by atoms with E-state index in [1.165, 1.54) is 4.90 Å². The maximum absolute atomic E-state index is 12.9. The summed E-state index contributed by atoms with van der Waals surface area (Å²) in [5.41, 5.74) is -3.87. The van der Waals surface area contributed by atoms with Crippen LogP contribution in [0.3, 0.4) is 0 Å². The summed E-state index contributed by atoms with van der Waals surface area (Å²) in [5, 5.41) is 1.88. The van der Waals surface area contributed by atoms with Gasteiger partial charge in [0.05, 0.1) is 11.1 Å².